The van der Waals surface area contributed by atoms with Crippen LogP contribution >= 0.6 is 0 Å². The van der Waals surface area contributed by atoms with E-state index in [1.807, 2.05) is 0 Å². The predicted octanol–water partition coefficient (Wildman–Crippen LogP) is 3.03. The van der Waals surface area contributed by atoms with Crippen LogP contribution in [0.3, 0.4) is 0 Å². The molecule has 0 aliphatic heterocycles. The van der Waals surface area contributed by atoms with Gasteiger partial charge in [0, 0.05) is 31.0 Å². The van der Waals surface area contributed by atoms with Crippen molar-refractivity contribution in [1.82, 2.24) is 9.88 Å². The van der Waals surface area contributed by atoms with E-state index in [-0.39, 0.29) is 0 Å². The number of aromatic nitrogens is 1. The van der Waals surface area contributed by atoms with E-state index < -0.39 is 0 Å². The number of nitrogens with zero attached hydrogens (tertiary/aromatic N) is 1. The van der Waals surface area contributed by atoms with Crippen LogP contribution in [-0.2, 0) is 13.1 Å². The lowest BCUT2D eigenvalue weighted by Gasteiger charge is -2.09. The third-order valence-electron chi connectivity index (χ3n) is 4.77. The smallest absolute Gasteiger partial charge is 0.0362 e. The van der Waals surface area contributed by atoms with E-state index >= 15 is 0 Å². The molecule has 1 N–H and O–H groups in total. The van der Waals surface area contributed by atoms with Crippen molar-refractivity contribution in [3.05, 3.63) is 24.0 Å². The Kier molecular flexibility index (Phi) is 2.66. The van der Waals surface area contributed by atoms with Gasteiger partial charge in [0.05, 0.1) is 0 Å². The van der Waals surface area contributed by atoms with E-state index in [1.165, 1.54) is 5.69 Å². The van der Waals surface area contributed by atoms with Crippen molar-refractivity contribution in [3.8, 4) is 0 Å². The molecule has 16 heavy (non-hydrogen) atoms. The molecule has 0 bridgehead atoms. The molecular formula is C14H24N2. The van der Waals surface area contributed by atoms with Crippen molar-refractivity contribution in [3.63, 3.8) is 0 Å². The minimum atomic E-state index is 0.427. The summed E-state index contributed by atoms with van der Waals surface area (Å²) in [7, 11) is 0. The van der Waals surface area contributed by atoms with Crippen LogP contribution in [0.2, 0.25) is 0 Å². The van der Waals surface area contributed by atoms with E-state index in [2.05, 4.69) is 62.8 Å². The summed E-state index contributed by atoms with van der Waals surface area (Å²) in [6, 6.07) is 4.97. The minimum absolute atomic E-state index is 0.427. The van der Waals surface area contributed by atoms with Crippen LogP contribution < -0.4 is 5.32 Å². The van der Waals surface area contributed by atoms with Gasteiger partial charge >= 0.3 is 0 Å². The molecule has 0 radical (unpaired) electrons. The molecule has 1 aliphatic rings. The molecule has 2 heteroatoms. The van der Waals surface area contributed by atoms with Crippen molar-refractivity contribution in [2.75, 3.05) is 0 Å². The molecule has 1 aliphatic carbocycles. The van der Waals surface area contributed by atoms with Gasteiger partial charge < -0.3 is 9.88 Å². The highest BCUT2D eigenvalue weighted by Gasteiger charge is 2.64. The second-order valence-corrected chi connectivity index (χ2v) is 6.04. The zero-order valence-corrected chi connectivity index (χ0v) is 11.2. The lowest BCUT2D eigenvalue weighted by Crippen LogP contribution is -2.23. The van der Waals surface area contributed by atoms with E-state index in [0.717, 1.165) is 13.1 Å². The van der Waals surface area contributed by atoms with Gasteiger partial charge in [0.1, 0.15) is 0 Å². The van der Waals surface area contributed by atoms with E-state index in [9.17, 15) is 0 Å². The van der Waals surface area contributed by atoms with Crippen molar-refractivity contribution in [1.29, 1.82) is 0 Å². The highest BCUT2D eigenvalue weighted by molar-refractivity contribution is 5.18. The number of hydrogen-bond acceptors (Lipinski definition) is 1. The Morgan fingerprint density at radius 1 is 1.25 bits per heavy atom. The predicted molar refractivity (Wildman–Crippen MR) is 68.3 cm³/mol. The first-order valence-electron chi connectivity index (χ1n) is 6.28. The highest BCUT2D eigenvalue weighted by Crippen LogP contribution is 2.62. The molecule has 0 atom stereocenters. The molecule has 1 fully saturated rings. The lowest BCUT2D eigenvalue weighted by atomic mass is 10.0. The summed E-state index contributed by atoms with van der Waals surface area (Å²) in [5.41, 5.74) is 2.24. The quantitative estimate of drug-likeness (QED) is 0.825. The average molecular weight is 220 g/mol. The Balaban J connectivity index is 1.95. The number of nitrogens with one attached hydrogen (secondary N) is 1. The summed E-state index contributed by atoms with van der Waals surface area (Å²) in [5.74, 6) is 0. The standard InChI is InChI=1S/C14H24N2/c1-6-16-9-7-8-11(16)10-15-12-13(2,3)14(12,4)5/h7-9,12,15H,6,10H2,1-5H3. The minimum Gasteiger partial charge on any atom is -0.351 e. The summed E-state index contributed by atoms with van der Waals surface area (Å²) < 4.78 is 2.30. The van der Waals surface area contributed by atoms with Gasteiger partial charge in [-0.2, -0.15) is 0 Å². The first-order chi connectivity index (χ1) is 7.41. The van der Waals surface area contributed by atoms with Crippen LogP contribution in [-0.4, -0.2) is 10.6 Å². The maximum atomic E-state index is 3.69. The van der Waals surface area contributed by atoms with Crippen LogP contribution in [0.5, 0.6) is 0 Å². The molecule has 0 unspecified atom stereocenters. The summed E-state index contributed by atoms with van der Waals surface area (Å²) in [5, 5.41) is 3.69. The number of aryl methyl sites for hydroxylation is 1. The molecule has 2 rings (SSSR count). The lowest BCUT2D eigenvalue weighted by molar-refractivity contribution is 0.457. The maximum Gasteiger partial charge on any atom is 0.0362 e. The highest BCUT2D eigenvalue weighted by atomic mass is 15.1. The zero-order valence-electron chi connectivity index (χ0n) is 11.2. The second-order valence-electron chi connectivity index (χ2n) is 6.04. The normalized spacial score (nSPS) is 22.3. The summed E-state index contributed by atoms with van der Waals surface area (Å²) >= 11 is 0. The van der Waals surface area contributed by atoms with Gasteiger partial charge in [-0.25, -0.2) is 0 Å². The molecule has 0 amide bonds. The largest absolute Gasteiger partial charge is 0.351 e. The van der Waals surface area contributed by atoms with Crippen LogP contribution in [0.25, 0.3) is 0 Å². The van der Waals surface area contributed by atoms with Gasteiger partial charge in [0.25, 0.3) is 0 Å². The Labute approximate surface area is 99.0 Å². The summed E-state index contributed by atoms with van der Waals surface area (Å²) in [6.45, 7) is 13.6. The van der Waals surface area contributed by atoms with E-state index in [0.29, 0.717) is 16.9 Å². The fraction of sp³-hybridized carbons (Fsp3) is 0.714. The van der Waals surface area contributed by atoms with Gasteiger partial charge in [0.2, 0.25) is 0 Å². The van der Waals surface area contributed by atoms with Gasteiger partial charge in [-0.1, -0.05) is 27.7 Å². The first kappa shape index (κ1) is 11.7. The van der Waals surface area contributed by atoms with Crippen LogP contribution in [0.1, 0.15) is 40.3 Å². The van der Waals surface area contributed by atoms with Crippen molar-refractivity contribution in [2.45, 2.75) is 53.8 Å². The Bertz CT molecular complexity index is 360. The van der Waals surface area contributed by atoms with Gasteiger partial charge in [-0.3, -0.25) is 0 Å². The van der Waals surface area contributed by atoms with Crippen molar-refractivity contribution in [2.24, 2.45) is 10.8 Å². The molecule has 0 aromatic carbocycles. The Morgan fingerprint density at radius 3 is 2.38 bits per heavy atom. The van der Waals surface area contributed by atoms with E-state index in [4.69, 9.17) is 0 Å². The monoisotopic (exact) mass is 220 g/mol. The molecule has 1 heterocycles. The summed E-state index contributed by atoms with van der Waals surface area (Å²) in [6.07, 6.45) is 2.15. The third kappa shape index (κ3) is 1.60. The molecule has 2 nitrogen and oxygen atoms in total. The fourth-order valence-corrected chi connectivity index (χ4v) is 2.83. The van der Waals surface area contributed by atoms with Crippen molar-refractivity contribution >= 4 is 0 Å². The molecule has 90 valence electrons. The zero-order chi connectivity index (χ0) is 12.0. The van der Waals surface area contributed by atoms with Gasteiger partial charge in [0.15, 0.2) is 0 Å². The molecule has 1 aromatic rings. The van der Waals surface area contributed by atoms with Crippen LogP contribution in [0, 0.1) is 10.8 Å². The third-order valence-corrected chi connectivity index (χ3v) is 4.77. The summed E-state index contributed by atoms with van der Waals surface area (Å²) in [4.78, 5) is 0. The van der Waals surface area contributed by atoms with Gasteiger partial charge in [-0.05, 0) is 29.9 Å². The molecular weight excluding hydrogens is 196 g/mol. The van der Waals surface area contributed by atoms with E-state index in [1.54, 1.807) is 0 Å². The molecule has 1 aromatic heterocycles. The maximum absolute atomic E-state index is 3.69. The average Bonchev–Trinajstić information content (AvgIpc) is 2.59. The number of rotatable bonds is 4. The van der Waals surface area contributed by atoms with Gasteiger partial charge in [-0.15, -0.1) is 0 Å². The SMILES string of the molecule is CCn1cccc1CNC1C(C)(C)C1(C)C. The Morgan fingerprint density at radius 2 is 1.88 bits per heavy atom. The van der Waals surface area contributed by atoms with Crippen molar-refractivity contribution < 1.29 is 0 Å². The number of hydrogen-bond donors (Lipinski definition) is 1. The second kappa shape index (κ2) is 3.63. The Hall–Kier alpha value is -0.760. The fourth-order valence-electron chi connectivity index (χ4n) is 2.83. The van der Waals surface area contributed by atoms with Crippen LogP contribution in [0.4, 0.5) is 0 Å². The molecule has 1 saturated carbocycles. The van der Waals surface area contributed by atoms with Crippen LogP contribution in [0.15, 0.2) is 18.3 Å². The first-order valence-corrected chi connectivity index (χ1v) is 6.28. The molecule has 0 spiro atoms. The molecule has 0 saturated heterocycles. The topological polar surface area (TPSA) is 17.0 Å².